The first kappa shape index (κ1) is 11.4. The van der Waals surface area contributed by atoms with Crippen molar-refractivity contribution in [3.63, 3.8) is 0 Å². The number of hydrogen-bond acceptors (Lipinski definition) is 2. The van der Waals surface area contributed by atoms with Crippen molar-refractivity contribution in [2.45, 2.75) is 25.9 Å². The average Bonchev–Trinajstić information content (AvgIpc) is 2.31. The molecule has 0 saturated carbocycles. The molecule has 2 heteroatoms. The van der Waals surface area contributed by atoms with Crippen LogP contribution in [0, 0.1) is 0 Å². The highest BCUT2D eigenvalue weighted by molar-refractivity contribution is 5.17. The fourth-order valence-corrected chi connectivity index (χ4v) is 2.30. The first-order valence-corrected chi connectivity index (χ1v) is 5.96. The summed E-state index contributed by atoms with van der Waals surface area (Å²) in [4.78, 5) is 2.44. The van der Waals surface area contributed by atoms with E-state index in [1.54, 1.807) is 0 Å². The quantitative estimate of drug-likeness (QED) is 0.768. The van der Waals surface area contributed by atoms with Gasteiger partial charge in [-0.25, -0.2) is 0 Å². The van der Waals surface area contributed by atoms with Gasteiger partial charge in [0.05, 0.1) is 0 Å². The molecule has 0 spiro atoms. The van der Waals surface area contributed by atoms with E-state index in [-0.39, 0.29) is 6.04 Å². The van der Waals surface area contributed by atoms with Crippen molar-refractivity contribution < 1.29 is 0 Å². The van der Waals surface area contributed by atoms with E-state index in [1.807, 2.05) is 0 Å². The van der Waals surface area contributed by atoms with Crippen LogP contribution in [0.15, 0.2) is 42.0 Å². The van der Waals surface area contributed by atoms with Gasteiger partial charge in [0.2, 0.25) is 0 Å². The monoisotopic (exact) mass is 216 g/mol. The Hall–Kier alpha value is -1.12. The summed E-state index contributed by atoms with van der Waals surface area (Å²) in [7, 11) is 0. The van der Waals surface area contributed by atoms with E-state index in [9.17, 15) is 0 Å². The normalized spacial score (nSPS) is 24.9. The predicted octanol–water partition coefficient (Wildman–Crippen LogP) is 2.17. The van der Waals surface area contributed by atoms with Gasteiger partial charge in [-0.3, -0.25) is 4.90 Å². The zero-order chi connectivity index (χ0) is 11.4. The maximum atomic E-state index is 6.12. The Morgan fingerprint density at radius 3 is 2.75 bits per heavy atom. The summed E-state index contributed by atoms with van der Waals surface area (Å²) < 4.78 is 0. The van der Waals surface area contributed by atoms with Crippen LogP contribution in [0.2, 0.25) is 0 Å². The minimum atomic E-state index is 0.225. The molecule has 0 radical (unpaired) electrons. The Kier molecular flexibility index (Phi) is 3.75. The Balaban J connectivity index is 1.94. The fourth-order valence-electron chi connectivity index (χ4n) is 2.30. The highest BCUT2D eigenvalue weighted by Crippen LogP contribution is 2.17. The molecule has 2 nitrogen and oxygen atoms in total. The van der Waals surface area contributed by atoms with Gasteiger partial charge in [0, 0.05) is 25.7 Å². The molecule has 2 rings (SSSR count). The van der Waals surface area contributed by atoms with E-state index in [2.05, 4.69) is 48.2 Å². The van der Waals surface area contributed by atoms with Gasteiger partial charge >= 0.3 is 0 Å². The lowest BCUT2D eigenvalue weighted by Crippen LogP contribution is -2.43. The van der Waals surface area contributed by atoms with E-state index in [0.29, 0.717) is 0 Å². The molecule has 0 aromatic heterocycles. The number of nitrogens with zero attached hydrogens (tertiary/aromatic N) is 1. The van der Waals surface area contributed by atoms with Crippen LogP contribution in [0.3, 0.4) is 0 Å². The highest BCUT2D eigenvalue weighted by atomic mass is 15.1. The molecule has 2 N–H and O–H groups in total. The maximum Gasteiger partial charge on any atom is 0.0383 e. The topological polar surface area (TPSA) is 29.3 Å². The molecule has 0 bridgehead atoms. The lowest BCUT2D eigenvalue weighted by atomic mass is 9.98. The van der Waals surface area contributed by atoms with E-state index < -0.39 is 0 Å². The standard InChI is InChI=1S/C14H20N2/c1-2-13-8-9-16(11-14(13)15)10-12-6-4-3-5-7-12/h2-7,14H,8-11,15H2,1H3/b13-2+. The highest BCUT2D eigenvalue weighted by Gasteiger charge is 2.20. The van der Waals surface area contributed by atoms with Crippen molar-refractivity contribution in [3.05, 3.63) is 47.5 Å². The third kappa shape index (κ3) is 2.71. The van der Waals surface area contributed by atoms with Crippen LogP contribution in [0.1, 0.15) is 18.9 Å². The maximum absolute atomic E-state index is 6.12. The average molecular weight is 216 g/mol. The number of nitrogens with two attached hydrogens (primary N) is 1. The lowest BCUT2D eigenvalue weighted by Gasteiger charge is -2.32. The number of benzene rings is 1. The van der Waals surface area contributed by atoms with E-state index >= 15 is 0 Å². The summed E-state index contributed by atoms with van der Waals surface area (Å²) in [6, 6.07) is 10.8. The number of likely N-dealkylation sites (tertiary alicyclic amines) is 1. The molecule has 1 aromatic carbocycles. The van der Waals surface area contributed by atoms with Gasteiger partial charge < -0.3 is 5.73 Å². The Morgan fingerprint density at radius 2 is 2.12 bits per heavy atom. The van der Waals surface area contributed by atoms with Crippen molar-refractivity contribution in [3.8, 4) is 0 Å². The predicted molar refractivity (Wildman–Crippen MR) is 68.1 cm³/mol. The zero-order valence-corrected chi connectivity index (χ0v) is 9.89. The molecule has 1 aliphatic rings. The van der Waals surface area contributed by atoms with Crippen LogP contribution in [0.5, 0.6) is 0 Å². The number of piperidine rings is 1. The minimum absolute atomic E-state index is 0.225. The van der Waals surface area contributed by atoms with Crippen LogP contribution in [0.4, 0.5) is 0 Å². The van der Waals surface area contributed by atoms with Gasteiger partial charge in [-0.2, -0.15) is 0 Å². The molecule has 1 aromatic rings. The Labute approximate surface area is 97.8 Å². The Morgan fingerprint density at radius 1 is 1.38 bits per heavy atom. The summed E-state index contributed by atoms with van der Waals surface area (Å²) in [5, 5.41) is 0. The third-order valence-electron chi connectivity index (χ3n) is 3.27. The molecule has 86 valence electrons. The summed E-state index contributed by atoms with van der Waals surface area (Å²) in [5.41, 5.74) is 8.90. The summed E-state index contributed by atoms with van der Waals surface area (Å²) in [5.74, 6) is 0. The van der Waals surface area contributed by atoms with E-state index in [1.165, 1.54) is 11.1 Å². The van der Waals surface area contributed by atoms with Gasteiger partial charge in [0.25, 0.3) is 0 Å². The molecular formula is C14H20N2. The fraction of sp³-hybridized carbons (Fsp3) is 0.429. The molecule has 0 aliphatic carbocycles. The second-order valence-electron chi connectivity index (χ2n) is 4.44. The number of hydrogen-bond donors (Lipinski definition) is 1. The van der Waals surface area contributed by atoms with Crippen LogP contribution in [-0.2, 0) is 6.54 Å². The van der Waals surface area contributed by atoms with Gasteiger partial charge in [0.1, 0.15) is 0 Å². The van der Waals surface area contributed by atoms with Crippen molar-refractivity contribution in [2.24, 2.45) is 5.73 Å². The SMILES string of the molecule is C/C=C1\CCN(Cc2ccccc2)CC1N. The van der Waals surface area contributed by atoms with Crippen molar-refractivity contribution in [1.82, 2.24) is 4.90 Å². The van der Waals surface area contributed by atoms with Crippen LogP contribution in [0.25, 0.3) is 0 Å². The largest absolute Gasteiger partial charge is 0.323 e. The molecule has 0 amide bonds. The van der Waals surface area contributed by atoms with Gasteiger partial charge in [-0.1, -0.05) is 42.0 Å². The van der Waals surface area contributed by atoms with Gasteiger partial charge in [0.15, 0.2) is 0 Å². The third-order valence-corrected chi connectivity index (χ3v) is 3.27. The first-order chi connectivity index (χ1) is 7.79. The summed E-state index contributed by atoms with van der Waals surface area (Å²) >= 11 is 0. The van der Waals surface area contributed by atoms with E-state index in [0.717, 1.165) is 26.1 Å². The second kappa shape index (κ2) is 5.28. The lowest BCUT2D eigenvalue weighted by molar-refractivity contribution is 0.232. The van der Waals surface area contributed by atoms with Crippen LogP contribution in [-0.4, -0.2) is 24.0 Å². The smallest absolute Gasteiger partial charge is 0.0383 e. The molecule has 1 fully saturated rings. The summed E-state index contributed by atoms with van der Waals surface area (Å²) in [6.45, 7) is 5.21. The van der Waals surface area contributed by atoms with Gasteiger partial charge in [-0.15, -0.1) is 0 Å². The molecular weight excluding hydrogens is 196 g/mol. The molecule has 1 heterocycles. The molecule has 16 heavy (non-hydrogen) atoms. The first-order valence-electron chi connectivity index (χ1n) is 5.96. The van der Waals surface area contributed by atoms with Crippen molar-refractivity contribution in [1.29, 1.82) is 0 Å². The van der Waals surface area contributed by atoms with E-state index in [4.69, 9.17) is 5.73 Å². The van der Waals surface area contributed by atoms with Crippen LogP contribution < -0.4 is 5.73 Å². The number of rotatable bonds is 2. The summed E-state index contributed by atoms with van der Waals surface area (Å²) in [6.07, 6.45) is 3.29. The second-order valence-corrected chi connectivity index (χ2v) is 4.44. The molecule has 1 unspecified atom stereocenters. The molecule has 1 atom stereocenters. The number of allylic oxidation sites excluding steroid dienone is 1. The zero-order valence-electron chi connectivity index (χ0n) is 9.89. The molecule has 1 saturated heterocycles. The van der Waals surface area contributed by atoms with Crippen molar-refractivity contribution >= 4 is 0 Å². The minimum Gasteiger partial charge on any atom is -0.323 e. The van der Waals surface area contributed by atoms with Gasteiger partial charge in [-0.05, 0) is 18.9 Å². The Bertz CT molecular complexity index is 356. The van der Waals surface area contributed by atoms with Crippen molar-refractivity contribution in [2.75, 3.05) is 13.1 Å². The van der Waals surface area contributed by atoms with Crippen LogP contribution >= 0.6 is 0 Å². The molecule has 1 aliphatic heterocycles.